The molecule has 22 heavy (non-hydrogen) atoms. The van der Waals surface area contributed by atoms with Crippen LogP contribution in [0.1, 0.15) is 0 Å². The second-order valence-electron chi connectivity index (χ2n) is 4.76. The van der Waals surface area contributed by atoms with Crippen molar-refractivity contribution in [2.45, 2.75) is 12.6 Å². The first-order valence-electron chi connectivity index (χ1n) is 6.62. The number of benzene rings is 1. The maximum absolute atomic E-state index is 12.2. The van der Waals surface area contributed by atoms with Gasteiger partial charge in [-0.15, -0.1) is 11.3 Å². The topological polar surface area (TPSA) is 64.4 Å². The Balaban J connectivity index is 1.65. The average Bonchev–Trinajstić information content (AvgIpc) is 2.99. The van der Waals surface area contributed by atoms with Gasteiger partial charge in [0.2, 0.25) is 0 Å². The van der Waals surface area contributed by atoms with Gasteiger partial charge in [-0.3, -0.25) is 9.36 Å². The van der Waals surface area contributed by atoms with E-state index in [1.807, 2.05) is 29.6 Å². The van der Waals surface area contributed by atoms with E-state index in [1.54, 1.807) is 6.07 Å². The van der Waals surface area contributed by atoms with Gasteiger partial charge in [-0.1, -0.05) is 15.9 Å². The van der Waals surface area contributed by atoms with Gasteiger partial charge in [0.15, 0.2) is 0 Å². The molecule has 3 rings (SSSR count). The Morgan fingerprint density at radius 1 is 1.32 bits per heavy atom. The van der Waals surface area contributed by atoms with E-state index >= 15 is 0 Å². The highest BCUT2D eigenvalue weighted by Crippen LogP contribution is 2.16. The number of thiophene rings is 1. The summed E-state index contributed by atoms with van der Waals surface area (Å²) in [7, 11) is 0. The summed E-state index contributed by atoms with van der Waals surface area (Å²) in [6, 6.07) is 9.14. The number of rotatable bonds is 5. The van der Waals surface area contributed by atoms with E-state index in [0.717, 1.165) is 4.47 Å². The first kappa shape index (κ1) is 15.2. The zero-order valence-corrected chi connectivity index (χ0v) is 13.9. The normalized spacial score (nSPS) is 12.5. The van der Waals surface area contributed by atoms with Crippen LogP contribution in [0.5, 0.6) is 5.75 Å². The summed E-state index contributed by atoms with van der Waals surface area (Å²) >= 11 is 4.70. The zero-order chi connectivity index (χ0) is 15.5. The van der Waals surface area contributed by atoms with Crippen molar-refractivity contribution in [1.29, 1.82) is 0 Å². The molecule has 2 aromatic heterocycles. The Morgan fingerprint density at radius 3 is 2.86 bits per heavy atom. The number of hydrogen-bond acceptors (Lipinski definition) is 5. The minimum absolute atomic E-state index is 0.108. The lowest BCUT2D eigenvalue weighted by atomic mass is 10.3. The molecular formula is C15H13BrN2O3S. The molecule has 0 radical (unpaired) electrons. The van der Waals surface area contributed by atoms with Crippen LogP contribution in [0.4, 0.5) is 0 Å². The van der Waals surface area contributed by atoms with Crippen LogP contribution in [0.2, 0.25) is 0 Å². The SMILES string of the molecule is O=c1c2sccc2ncn1CC(O)COc1ccc(Br)cc1. The summed E-state index contributed by atoms with van der Waals surface area (Å²) in [5.74, 6) is 0.668. The molecule has 2 heterocycles. The molecule has 3 aromatic rings. The molecule has 0 spiro atoms. The van der Waals surface area contributed by atoms with Crippen LogP contribution >= 0.6 is 27.3 Å². The molecule has 1 atom stereocenters. The highest BCUT2D eigenvalue weighted by atomic mass is 79.9. The molecule has 0 aliphatic carbocycles. The van der Waals surface area contributed by atoms with Crippen LogP contribution < -0.4 is 10.3 Å². The molecule has 0 saturated heterocycles. The Kier molecular flexibility index (Phi) is 4.56. The fourth-order valence-electron chi connectivity index (χ4n) is 2.01. The van der Waals surface area contributed by atoms with Crippen molar-refractivity contribution in [3.8, 4) is 5.75 Å². The first-order chi connectivity index (χ1) is 10.6. The first-order valence-corrected chi connectivity index (χ1v) is 8.30. The van der Waals surface area contributed by atoms with Crippen LogP contribution in [0.15, 0.2) is 51.3 Å². The van der Waals surface area contributed by atoms with Gasteiger partial charge in [-0.05, 0) is 35.7 Å². The average molecular weight is 381 g/mol. The van der Waals surface area contributed by atoms with Gasteiger partial charge in [0.25, 0.3) is 5.56 Å². The van der Waals surface area contributed by atoms with E-state index in [1.165, 1.54) is 22.2 Å². The Labute approximate surface area is 138 Å². The van der Waals surface area contributed by atoms with Crippen molar-refractivity contribution in [3.05, 3.63) is 56.9 Å². The van der Waals surface area contributed by atoms with Gasteiger partial charge in [-0.2, -0.15) is 0 Å². The summed E-state index contributed by atoms with van der Waals surface area (Å²) in [6.45, 7) is 0.257. The Bertz CT molecular complexity index is 829. The van der Waals surface area contributed by atoms with Gasteiger partial charge in [0, 0.05) is 4.47 Å². The van der Waals surface area contributed by atoms with Crippen LogP contribution in [0, 0.1) is 0 Å². The van der Waals surface area contributed by atoms with Gasteiger partial charge in [0.05, 0.1) is 18.4 Å². The third kappa shape index (κ3) is 3.37. The number of aromatic nitrogens is 2. The van der Waals surface area contributed by atoms with E-state index in [0.29, 0.717) is 16.0 Å². The number of nitrogens with zero attached hydrogens (tertiary/aromatic N) is 2. The fourth-order valence-corrected chi connectivity index (χ4v) is 3.07. The molecule has 1 unspecified atom stereocenters. The minimum atomic E-state index is -0.791. The molecule has 1 aromatic carbocycles. The fraction of sp³-hybridized carbons (Fsp3) is 0.200. The van der Waals surface area contributed by atoms with Crippen molar-refractivity contribution >= 4 is 37.5 Å². The monoisotopic (exact) mass is 380 g/mol. The Morgan fingerprint density at radius 2 is 2.09 bits per heavy atom. The number of aliphatic hydroxyl groups excluding tert-OH is 1. The third-order valence-corrected chi connectivity index (χ3v) is 4.52. The second-order valence-corrected chi connectivity index (χ2v) is 6.59. The van der Waals surface area contributed by atoms with Crippen molar-refractivity contribution < 1.29 is 9.84 Å². The van der Waals surface area contributed by atoms with Crippen LogP contribution in [0.3, 0.4) is 0 Å². The highest BCUT2D eigenvalue weighted by molar-refractivity contribution is 9.10. The molecule has 0 saturated carbocycles. The van der Waals surface area contributed by atoms with E-state index in [9.17, 15) is 9.90 Å². The molecule has 0 amide bonds. The highest BCUT2D eigenvalue weighted by Gasteiger charge is 2.10. The quantitative estimate of drug-likeness (QED) is 0.738. The predicted octanol–water partition coefficient (Wildman–Crippen LogP) is 2.66. The number of aliphatic hydroxyl groups is 1. The minimum Gasteiger partial charge on any atom is -0.491 e. The predicted molar refractivity (Wildman–Crippen MR) is 89.5 cm³/mol. The molecule has 5 nitrogen and oxygen atoms in total. The molecule has 7 heteroatoms. The molecular weight excluding hydrogens is 368 g/mol. The standard InChI is InChI=1S/C15H13BrN2O3S/c16-10-1-3-12(4-2-10)21-8-11(19)7-18-9-17-13-5-6-22-14(13)15(18)20/h1-6,9,11,19H,7-8H2. The van der Waals surface area contributed by atoms with E-state index in [4.69, 9.17) is 4.74 Å². The van der Waals surface area contributed by atoms with Gasteiger partial charge in [0.1, 0.15) is 23.2 Å². The number of hydrogen-bond donors (Lipinski definition) is 1. The smallest absolute Gasteiger partial charge is 0.271 e. The van der Waals surface area contributed by atoms with E-state index < -0.39 is 6.10 Å². The van der Waals surface area contributed by atoms with Gasteiger partial charge in [-0.25, -0.2) is 4.98 Å². The van der Waals surface area contributed by atoms with Crippen LogP contribution in [-0.2, 0) is 6.54 Å². The molecule has 0 fully saturated rings. The summed E-state index contributed by atoms with van der Waals surface area (Å²) in [5, 5.41) is 11.9. The number of halogens is 1. The Hall–Kier alpha value is -1.70. The summed E-state index contributed by atoms with van der Waals surface area (Å²) < 4.78 is 8.48. The van der Waals surface area contributed by atoms with Crippen molar-refractivity contribution in [3.63, 3.8) is 0 Å². The molecule has 1 N–H and O–H groups in total. The maximum Gasteiger partial charge on any atom is 0.271 e. The van der Waals surface area contributed by atoms with Crippen LogP contribution in [0.25, 0.3) is 10.2 Å². The molecule has 0 bridgehead atoms. The summed E-state index contributed by atoms with van der Waals surface area (Å²) in [5.41, 5.74) is 0.551. The lowest BCUT2D eigenvalue weighted by Gasteiger charge is -2.13. The largest absolute Gasteiger partial charge is 0.491 e. The van der Waals surface area contributed by atoms with Gasteiger partial charge >= 0.3 is 0 Å². The maximum atomic E-state index is 12.2. The second kappa shape index (κ2) is 6.60. The number of ether oxygens (including phenoxy) is 1. The molecule has 0 aliphatic heterocycles. The molecule has 0 aliphatic rings. The van der Waals surface area contributed by atoms with E-state index in [2.05, 4.69) is 20.9 Å². The summed E-state index contributed by atoms with van der Waals surface area (Å²) in [6.07, 6.45) is 0.667. The van der Waals surface area contributed by atoms with Crippen LogP contribution in [-0.4, -0.2) is 27.4 Å². The van der Waals surface area contributed by atoms with Crippen molar-refractivity contribution in [1.82, 2.24) is 9.55 Å². The third-order valence-electron chi connectivity index (χ3n) is 3.10. The summed E-state index contributed by atoms with van der Waals surface area (Å²) in [4.78, 5) is 16.4. The van der Waals surface area contributed by atoms with Crippen molar-refractivity contribution in [2.75, 3.05) is 6.61 Å². The lowest BCUT2D eigenvalue weighted by Crippen LogP contribution is -2.30. The molecule has 114 valence electrons. The van der Waals surface area contributed by atoms with Crippen molar-refractivity contribution in [2.24, 2.45) is 0 Å². The van der Waals surface area contributed by atoms with Gasteiger partial charge < -0.3 is 9.84 Å². The number of fused-ring (bicyclic) bond motifs is 1. The zero-order valence-electron chi connectivity index (χ0n) is 11.5. The lowest BCUT2D eigenvalue weighted by molar-refractivity contribution is 0.0915. The van der Waals surface area contributed by atoms with E-state index in [-0.39, 0.29) is 18.7 Å².